The quantitative estimate of drug-likeness (QED) is 0.855. The Kier molecular flexibility index (Phi) is 4.24. The second kappa shape index (κ2) is 6.18. The predicted molar refractivity (Wildman–Crippen MR) is 84.2 cm³/mol. The summed E-state index contributed by atoms with van der Waals surface area (Å²) in [4.78, 5) is 14.6. The highest BCUT2D eigenvalue weighted by Gasteiger charge is 2.34. The molecule has 1 aliphatic rings. The molecular formula is C17H23N3O3. The predicted octanol–water partition coefficient (Wildman–Crippen LogP) is 3.89. The summed E-state index contributed by atoms with van der Waals surface area (Å²) in [5, 5.41) is 8.10. The molecule has 0 aromatic carbocycles. The van der Waals surface area contributed by atoms with Crippen molar-refractivity contribution in [1.29, 1.82) is 0 Å². The molecule has 0 saturated carbocycles. The standard InChI is InChI=1S/C17H23N3O3/c1-10(2)15-8-12(18-22-15)14-6-5-7-20(14)17(21)13-9-16(11(3)4)23-19-13/h8-11,14H,5-7H2,1-4H3/t14-/m1/s1. The minimum atomic E-state index is -0.0998. The van der Waals surface area contributed by atoms with Crippen molar-refractivity contribution in [2.75, 3.05) is 6.54 Å². The Morgan fingerprint density at radius 2 is 1.78 bits per heavy atom. The third-order valence-electron chi connectivity index (χ3n) is 4.29. The van der Waals surface area contributed by atoms with Crippen molar-refractivity contribution >= 4 is 5.91 Å². The molecule has 1 saturated heterocycles. The van der Waals surface area contributed by atoms with E-state index in [9.17, 15) is 4.79 Å². The van der Waals surface area contributed by atoms with Crippen molar-refractivity contribution in [3.63, 3.8) is 0 Å². The van der Waals surface area contributed by atoms with E-state index in [1.807, 2.05) is 24.8 Å². The molecule has 1 aliphatic heterocycles. The minimum Gasteiger partial charge on any atom is -0.361 e. The number of likely N-dealkylation sites (tertiary alicyclic amines) is 1. The van der Waals surface area contributed by atoms with E-state index in [-0.39, 0.29) is 23.8 Å². The van der Waals surface area contributed by atoms with Crippen LogP contribution in [0, 0.1) is 0 Å². The molecular weight excluding hydrogens is 294 g/mol. The molecule has 0 radical (unpaired) electrons. The summed E-state index contributed by atoms with van der Waals surface area (Å²) in [7, 11) is 0. The van der Waals surface area contributed by atoms with Gasteiger partial charge in [-0.15, -0.1) is 0 Å². The van der Waals surface area contributed by atoms with Crippen molar-refractivity contribution in [2.45, 2.75) is 58.4 Å². The molecule has 2 aromatic rings. The monoisotopic (exact) mass is 317 g/mol. The average molecular weight is 317 g/mol. The number of carbonyl (C=O) groups excluding carboxylic acids is 1. The van der Waals surface area contributed by atoms with Gasteiger partial charge in [0.05, 0.1) is 6.04 Å². The Morgan fingerprint density at radius 3 is 2.39 bits per heavy atom. The molecule has 0 aliphatic carbocycles. The third kappa shape index (κ3) is 3.02. The summed E-state index contributed by atoms with van der Waals surface area (Å²) in [6.07, 6.45) is 1.85. The van der Waals surface area contributed by atoms with E-state index in [2.05, 4.69) is 24.2 Å². The van der Waals surface area contributed by atoms with E-state index in [4.69, 9.17) is 9.05 Å². The summed E-state index contributed by atoms with van der Waals surface area (Å²) >= 11 is 0. The molecule has 0 N–H and O–H groups in total. The maximum absolute atomic E-state index is 12.8. The highest BCUT2D eigenvalue weighted by atomic mass is 16.5. The van der Waals surface area contributed by atoms with Gasteiger partial charge in [-0.1, -0.05) is 38.0 Å². The maximum Gasteiger partial charge on any atom is 0.276 e. The van der Waals surface area contributed by atoms with Crippen molar-refractivity contribution in [3.05, 3.63) is 35.0 Å². The van der Waals surface area contributed by atoms with Crippen molar-refractivity contribution in [2.24, 2.45) is 0 Å². The largest absolute Gasteiger partial charge is 0.361 e. The van der Waals surface area contributed by atoms with E-state index < -0.39 is 0 Å². The zero-order chi connectivity index (χ0) is 16.6. The Bertz CT molecular complexity index is 687. The fourth-order valence-electron chi connectivity index (χ4n) is 2.86. The Morgan fingerprint density at radius 1 is 1.13 bits per heavy atom. The molecule has 1 fully saturated rings. The number of nitrogens with zero attached hydrogens (tertiary/aromatic N) is 3. The number of carbonyl (C=O) groups is 1. The molecule has 3 heterocycles. The molecule has 0 bridgehead atoms. The second-order valence-corrected chi connectivity index (χ2v) is 6.73. The molecule has 2 aromatic heterocycles. The van der Waals surface area contributed by atoms with Crippen LogP contribution < -0.4 is 0 Å². The molecule has 0 unspecified atom stereocenters. The molecule has 1 atom stereocenters. The van der Waals surface area contributed by atoms with Gasteiger partial charge in [-0.25, -0.2) is 0 Å². The lowest BCUT2D eigenvalue weighted by Crippen LogP contribution is -2.30. The van der Waals surface area contributed by atoms with Crippen LogP contribution in [0.15, 0.2) is 21.2 Å². The van der Waals surface area contributed by atoms with Gasteiger partial charge in [-0.2, -0.15) is 0 Å². The van der Waals surface area contributed by atoms with Gasteiger partial charge in [-0.05, 0) is 12.8 Å². The highest BCUT2D eigenvalue weighted by Crippen LogP contribution is 2.33. The molecule has 0 spiro atoms. The Hall–Kier alpha value is -2.11. The third-order valence-corrected chi connectivity index (χ3v) is 4.29. The van der Waals surface area contributed by atoms with Crippen LogP contribution in [0.5, 0.6) is 0 Å². The fraction of sp³-hybridized carbons (Fsp3) is 0.588. The summed E-state index contributed by atoms with van der Waals surface area (Å²) in [6, 6.07) is 3.66. The van der Waals surface area contributed by atoms with Gasteiger partial charge in [0.15, 0.2) is 5.69 Å². The van der Waals surface area contributed by atoms with E-state index in [0.717, 1.165) is 30.1 Å². The van der Waals surface area contributed by atoms with Gasteiger partial charge >= 0.3 is 0 Å². The van der Waals surface area contributed by atoms with Crippen LogP contribution in [0.1, 0.15) is 86.1 Å². The normalized spacial score (nSPS) is 18.3. The molecule has 6 nitrogen and oxygen atoms in total. The molecule has 124 valence electrons. The summed E-state index contributed by atoms with van der Waals surface area (Å²) in [6.45, 7) is 8.85. The molecule has 23 heavy (non-hydrogen) atoms. The van der Waals surface area contributed by atoms with E-state index in [1.54, 1.807) is 6.07 Å². The molecule has 6 heteroatoms. The van der Waals surface area contributed by atoms with Crippen LogP contribution in [0.4, 0.5) is 0 Å². The van der Waals surface area contributed by atoms with Crippen LogP contribution in [-0.2, 0) is 0 Å². The number of aromatic nitrogens is 2. The summed E-state index contributed by atoms with van der Waals surface area (Å²) in [5.41, 5.74) is 1.19. The number of rotatable bonds is 4. The lowest BCUT2D eigenvalue weighted by atomic mass is 10.1. The Labute approximate surface area is 135 Å². The van der Waals surface area contributed by atoms with Crippen molar-refractivity contribution in [1.82, 2.24) is 15.2 Å². The average Bonchev–Trinajstić information content (AvgIpc) is 3.24. The maximum atomic E-state index is 12.8. The first-order chi connectivity index (χ1) is 11.0. The Balaban J connectivity index is 1.81. The van der Waals surface area contributed by atoms with Gasteiger partial charge in [0.2, 0.25) is 0 Å². The van der Waals surface area contributed by atoms with Crippen molar-refractivity contribution < 1.29 is 13.8 Å². The second-order valence-electron chi connectivity index (χ2n) is 6.73. The topological polar surface area (TPSA) is 72.4 Å². The first-order valence-corrected chi connectivity index (χ1v) is 8.21. The zero-order valence-corrected chi connectivity index (χ0v) is 14.1. The SMILES string of the molecule is CC(C)c1cc(C(=O)N2CCC[C@@H]2c2cc(C(C)C)on2)no1. The summed E-state index contributed by atoms with van der Waals surface area (Å²) < 4.78 is 10.6. The lowest BCUT2D eigenvalue weighted by Gasteiger charge is -2.21. The smallest absolute Gasteiger partial charge is 0.276 e. The number of hydrogen-bond donors (Lipinski definition) is 0. The van der Waals surface area contributed by atoms with Crippen molar-refractivity contribution in [3.8, 4) is 0 Å². The number of hydrogen-bond acceptors (Lipinski definition) is 5. The highest BCUT2D eigenvalue weighted by molar-refractivity contribution is 5.92. The van der Waals surface area contributed by atoms with Crippen LogP contribution in [0.3, 0.4) is 0 Å². The van der Waals surface area contributed by atoms with Gasteiger partial charge in [0.25, 0.3) is 5.91 Å². The van der Waals surface area contributed by atoms with Crippen LogP contribution in [0.25, 0.3) is 0 Å². The first kappa shape index (κ1) is 15.8. The van der Waals surface area contributed by atoms with E-state index in [1.165, 1.54) is 0 Å². The van der Waals surface area contributed by atoms with Gasteiger partial charge in [0.1, 0.15) is 17.2 Å². The van der Waals surface area contributed by atoms with Gasteiger partial charge in [0, 0.05) is 30.5 Å². The van der Waals surface area contributed by atoms with Gasteiger partial charge in [-0.3, -0.25) is 4.79 Å². The first-order valence-electron chi connectivity index (χ1n) is 8.21. The van der Waals surface area contributed by atoms with Crippen LogP contribution in [-0.4, -0.2) is 27.7 Å². The molecule has 1 amide bonds. The minimum absolute atomic E-state index is 0.0436. The number of amides is 1. The van der Waals surface area contributed by atoms with Gasteiger partial charge < -0.3 is 13.9 Å². The summed E-state index contributed by atoms with van der Waals surface area (Å²) in [5.74, 6) is 1.97. The zero-order valence-electron chi connectivity index (χ0n) is 14.1. The van der Waals surface area contributed by atoms with E-state index >= 15 is 0 Å². The molecule has 3 rings (SSSR count). The van der Waals surface area contributed by atoms with Crippen LogP contribution >= 0.6 is 0 Å². The lowest BCUT2D eigenvalue weighted by molar-refractivity contribution is 0.0720. The fourth-order valence-corrected chi connectivity index (χ4v) is 2.86. The van der Waals surface area contributed by atoms with E-state index in [0.29, 0.717) is 12.2 Å². The van der Waals surface area contributed by atoms with Crippen LogP contribution in [0.2, 0.25) is 0 Å².